The SMILES string of the molecule is CCn1ccc(-c2ccccc2C)c1N. The number of nitrogen functional groups attached to an aromatic ring is 1. The van der Waals surface area contributed by atoms with Crippen LogP contribution in [0.25, 0.3) is 11.1 Å². The minimum absolute atomic E-state index is 0.854. The molecule has 0 saturated carbocycles. The average Bonchev–Trinajstić information content (AvgIpc) is 2.60. The van der Waals surface area contributed by atoms with Crippen molar-refractivity contribution >= 4 is 5.82 Å². The van der Waals surface area contributed by atoms with E-state index in [1.54, 1.807) is 0 Å². The quantitative estimate of drug-likeness (QED) is 0.793. The predicted octanol–water partition coefficient (Wildman–Crippen LogP) is 3.07. The smallest absolute Gasteiger partial charge is 0.111 e. The lowest BCUT2D eigenvalue weighted by Gasteiger charge is -2.06. The van der Waals surface area contributed by atoms with Gasteiger partial charge in [0.15, 0.2) is 0 Å². The molecule has 2 nitrogen and oxygen atoms in total. The number of nitrogens with zero attached hydrogens (tertiary/aromatic N) is 1. The molecular weight excluding hydrogens is 184 g/mol. The Balaban J connectivity index is 2.55. The van der Waals surface area contributed by atoms with Crippen LogP contribution in [-0.4, -0.2) is 4.57 Å². The molecular formula is C13H16N2. The van der Waals surface area contributed by atoms with Crippen LogP contribution in [0.1, 0.15) is 12.5 Å². The Morgan fingerprint density at radius 1 is 1.13 bits per heavy atom. The van der Waals surface area contributed by atoms with Crippen molar-refractivity contribution in [2.24, 2.45) is 0 Å². The molecule has 2 rings (SSSR count). The molecule has 0 radical (unpaired) electrons. The third-order valence-corrected chi connectivity index (χ3v) is 2.78. The third kappa shape index (κ3) is 1.63. The molecule has 78 valence electrons. The summed E-state index contributed by atoms with van der Waals surface area (Å²) in [5.41, 5.74) is 9.70. The number of rotatable bonds is 2. The summed E-state index contributed by atoms with van der Waals surface area (Å²) < 4.78 is 2.06. The molecule has 0 aliphatic heterocycles. The van der Waals surface area contributed by atoms with Gasteiger partial charge in [-0.05, 0) is 31.0 Å². The topological polar surface area (TPSA) is 30.9 Å². The first-order chi connectivity index (χ1) is 7.24. The number of nitrogens with two attached hydrogens (primary N) is 1. The highest BCUT2D eigenvalue weighted by Crippen LogP contribution is 2.29. The minimum atomic E-state index is 0.854. The largest absolute Gasteiger partial charge is 0.385 e. The maximum absolute atomic E-state index is 6.08. The molecule has 0 aliphatic rings. The molecule has 0 fully saturated rings. The lowest BCUT2D eigenvalue weighted by molar-refractivity contribution is 0.780. The number of aryl methyl sites for hydroxylation is 2. The van der Waals surface area contributed by atoms with Crippen LogP contribution < -0.4 is 5.73 Å². The molecule has 1 aromatic heterocycles. The highest BCUT2D eigenvalue weighted by Gasteiger charge is 2.08. The highest BCUT2D eigenvalue weighted by molar-refractivity contribution is 5.76. The molecule has 2 aromatic rings. The summed E-state index contributed by atoms with van der Waals surface area (Å²) in [4.78, 5) is 0. The van der Waals surface area contributed by atoms with E-state index >= 15 is 0 Å². The summed E-state index contributed by atoms with van der Waals surface area (Å²) in [7, 11) is 0. The third-order valence-electron chi connectivity index (χ3n) is 2.78. The van der Waals surface area contributed by atoms with E-state index < -0.39 is 0 Å². The zero-order valence-electron chi connectivity index (χ0n) is 9.20. The summed E-state index contributed by atoms with van der Waals surface area (Å²) in [6, 6.07) is 10.4. The molecule has 0 aliphatic carbocycles. The zero-order chi connectivity index (χ0) is 10.8. The number of benzene rings is 1. The van der Waals surface area contributed by atoms with Crippen molar-refractivity contribution in [2.45, 2.75) is 20.4 Å². The molecule has 0 spiro atoms. The van der Waals surface area contributed by atoms with Crippen LogP contribution in [0.3, 0.4) is 0 Å². The van der Waals surface area contributed by atoms with Crippen LogP contribution in [0.4, 0.5) is 5.82 Å². The van der Waals surface area contributed by atoms with Gasteiger partial charge in [0, 0.05) is 18.3 Å². The van der Waals surface area contributed by atoms with E-state index in [4.69, 9.17) is 5.73 Å². The summed E-state index contributed by atoms with van der Waals surface area (Å²) in [6.45, 7) is 5.12. The summed E-state index contributed by atoms with van der Waals surface area (Å²) in [6.07, 6.45) is 2.04. The second kappa shape index (κ2) is 3.81. The first-order valence-corrected chi connectivity index (χ1v) is 5.24. The van der Waals surface area contributed by atoms with Gasteiger partial charge in [0.25, 0.3) is 0 Å². The van der Waals surface area contributed by atoms with Crippen molar-refractivity contribution in [2.75, 3.05) is 5.73 Å². The van der Waals surface area contributed by atoms with E-state index in [-0.39, 0.29) is 0 Å². The van der Waals surface area contributed by atoms with E-state index in [1.807, 2.05) is 18.3 Å². The number of hydrogen-bond acceptors (Lipinski definition) is 1. The average molecular weight is 200 g/mol. The molecule has 0 saturated heterocycles. The van der Waals surface area contributed by atoms with E-state index in [2.05, 4.69) is 36.6 Å². The fourth-order valence-electron chi connectivity index (χ4n) is 1.86. The molecule has 2 N–H and O–H groups in total. The molecule has 0 amide bonds. The molecule has 1 heterocycles. The normalized spacial score (nSPS) is 10.5. The van der Waals surface area contributed by atoms with Gasteiger partial charge in [-0.2, -0.15) is 0 Å². The van der Waals surface area contributed by atoms with Gasteiger partial charge < -0.3 is 10.3 Å². The summed E-state index contributed by atoms with van der Waals surface area (Å²) in [5.74, 6) is 0.854. The van der Waals surface area contributed by atoms with Gasteiger partial charge in [-0.15, -0.1) is 0 Å². The van der Waals surface area contributed by atoms with Crippen LogP contribution >= 0.6 is 0 Å². The predicted molar refractivity (Wildman–Crippen MR) is 64.7 cm³/mol. The second-order valence-corrected chi connectivity index (χ2v) is 3.72. The number of hydrogen-bond donors (Lipinski definition) is 1. The monoisotopic (exact) mass is 200 g/mol. The van der Waals surface area contributed by atoms with E-state index in [9.17, 15) is 0 Å². The van der Waals surface area contributed by atoms with Crippen molar-refractivity contribution in [3.05, 3.63) is 42.1 Å². The summed E-state index contributed by atoms with van der Waals surface area (Å²) in [5, 5.41) is 0. The van der Waals surface area contributed by atoms with Gasteiger partial charge in [-0.1, -0.05) is 24.3 Å². The lowest BCUT2D eigenvalue weighted by Crippen LogP contribution is -1.99. The maximum Gasteiger partial charge on any atom is 0.111 e. The molecule has 1 aromatic carbocycles. The van der Waals surface area contributed by atoms with E-state index in [1.165, 1.54) is 11.1 Å². The van der Waals surface area contributed by atoms with Gasteiger partial charge in [-0.25, -0.2) is 0 Å². The fourth-order valence-corrected chi connectivity index (χ4v) is 1.86. The van der Waals surface area contributed by atoms with Crippen molar-refractivity contribution in [1.82, 2.24) is 4.57 Å². The first-order valence-electron chi connectivity index (χ1n) is 5.24. The summed E-state index contributed by atoms with van der Waals surface area (Å²) >= 11 is 0. The van der Waals surface area contributed by atoms with Crippen molar-refractivity contribution in [3.63, 3.8) is 0 Å². The van der Waals surface area contributed by atoms with E-state index in [0.717, 1.165) is 17.9 Å². The number of aromatic nitrogens is 1. The standard InChI is InChI=1S/C13H16N2/c1-3-15-9-8-12(13(15)14)11-7-5-4-6-10(11)2/h4-9H,3,14H2,1-2H3. The Kier molecular flexibility index (Phi) is 2.50. The second-order valence-electron chi connectivity index (χ2n) is 3.72. The van der Waals surface area contributed by atoms with Crippen molar-refractivity contribution < 1.29 is 0 Å². The molecule has 2 heteroatoms. The van der Waals surface area contributed by atoms with Gasteiger partial charge in [-0.3, -0.25) is 0 Å². The van der Waals surface area contributed by atoms with Crippen LogP contribution in [0, 0.1) is 6.92 Å². The van der Waals surface area contributed by atoms with Gasteiger partial charge in [0.1, 0.15) is 5.82 Å². The molecule has 0 atom stereocenters. The van der Waals surface area contributed by atoms with Crippen LogP contribution in [0.2, 0.25) is 0 Å². The van der Waals surface area contributed by atoms with Crippen LogP contribution in [0.5, 0.6) is 0 Å². The Labute approximate surface area is 90.3 Å². The zero-order valence-corrected chi connectivity index (χ0v) is 9.20. The van der Waals surface area contributed by atoms with Crippen LogP contribution in [-0.2, 0) is 6.54 Å². The Morgan fingerprint density at radius 2 is 1.87 bits per heavy atom. The van der Waals surface area contributed by atoms with Crippen molar-refractivity contribution in [1.29, 1.82) is 0 Å². The Morgan fingerprint density at radius 3 is 2.47 bits per heavy atom. The van der Waals surface area contributed by atoms with Crippen molar-refractivity contribution in [3.8, 4) is 11.1 Å². The Bertz CT molecular complexity index is 469. The maximum atomic E-state index is 6.08. The molecule has 0 unspecified atom stereocenters. The molecule has 15 heavy (non-hydrogen) atoms. The van der Waals surface area contributed by atoms with Gasteiger partial charge in [0.2, 0.25) is 0 Å². The first kappa shape index (κ1) is 9.84. The Hall–Kier alpha value is -1.70. The number of anilines is 1. The van der Waals surface area contributed by atoms with Crippen LogP contribution in [0.15, 0.2) is 36.5 Å². The minimum Gasteiger partial charge on any atom is -0.385 e. The van der Waals surface area contributed by atoms with Gasteiger partial charge in [0.05, 0.1) is 0 Å². The van der Waals surface area contributed by atoms with E-state index in [0.29, 0.717) is 0 Å². The highest BCUT2D eigenvalue weighted by atomic mass is 15.0. The van der Waals surface area contributed by atoms with Gasteiger partial charge >= 0.3 is 0 Å². The fraction of sp³-hybridized carbons (Fsp3) is 0.231. The molecule has 0 bridgehead atoms. The lowest BCUT2D eigenvalue weighted by atomic mass is 10.0.